The van der Waals surface area contributed by atoms with Gasteiger partial charge in [-0.2, -0.15) is 0 Å². The van der Waals surface area contributed by atoms with Crippen LogP contribution in [-0.2, 0) is 65.4 Å². The Morgan fingerprint density at radius 3 is 0.680 bits per heavy atom. The quantitative estimate of drug-likeness (QED) is 0.0222. The van der Waals surface area contributed by atoms with Gasteiger partial charge < -0.3 is 33.8 Å². The molecule has 0 bridgehead atoms. The van der Waals surface area contributed by atoms with E-state index in [4.69, 9.17) is 37.0 Å². The normalized spacial score (nSPS) is 13.9. The van der Waals surface area contributed by atoms with Crippen molar-refractivity contribution in [2.24, 2.45) is 11.8 Å². The highest BCUT2D eigenvalue weighted by atomic mass is 31.2. The molecule has 19 heteroatoms. The van der Waals surface area contributed by atoms with E-state index in [1.165, 1.54) is 238 Å². The van der Waals surface area contributed by atoms with Crippen LogP contribution in [0.4, 0.5) is 0 Å². The molecule has 0 heterocycles. The number of ether oxygens (including phenoxy) is 4. The van der Waals surface area contributed by atoms with Gasteiger partial charge in [0.05, 0.1) is 26.4 Å². The molecule has 0 saturated heterocycles. The van der Waals surface area contributed by atoms with Gasteiger partial charge in [0.15, 0.2) is 12.2 Å². The minimum atomic E-state index is -4.96. The second-order valence-electron chi connectivity index (χ2n) is 30.1. The Balaban J connectivity index is 5.22. The highest BCUT2D eigenvalue weighted by Crippen LogP contribution is 2.45. The predicted molar refractivity (Wildman–Crippen MR) is 409 cm³/mol. The maximum absolute atomic E-state index is 13.1. The molecule has 0 aliphatic carbocycles. The fourth-order valence-corrected chi connectivity index (χ4v) is 14.1. The van der Waals surface area contributed by atoms with Crippen molar-refractivity contribution >= 4 is 39.5 Å². The van der Waals surface area contributed by atoms with Crippen LogP contribution < -0.4 is 0 Å². The highest BCUT2D eigenvalue weighted by molar-refractivity contribution is 7.47. The van der Waals surface area contributed by atoms with E-state index >= 15 is 0 Å². The summed E-state index contributed by atoms with van der Waals surface area (Å²) in [6.07, 6.45) is 62.6. The van der Waals surface area contributed by atoms with Gasteiger partial charge in [-0.15, -0.1) is 0 Å². The molecular formula is C81H158O17P2. The third-order valence-electron chi connectivity index (χ3n) is 19.0. The molecule has 0 spiro atoms. The molecule has 3 N–H and O–H groups in total. The summed E-state index contributed by atoms with van der Waals surface area (Å²) in [6.45, 7) is 9.56. The van der Waals surface area contributed by atoms with E-state index in [0.29, 0.717) is 31.6 Å². The SMILES string of the molecule is CCCCCCCCCCCCCCCCCCCCCC(=O)O[C@H](COC(=O)CCCCCCCCCCCCCCCCCCC)COP(=O)(O)OC[C@@H](O)COP(=O)(O)OC[C@@H](COC(=O)CCCCCCCCC(C)C)OC(=O)CCCCCCCCCCCCCCC(C)C. The van der Waals surface area contributed by atoms with Crippen LogP contribution in [0.15, 0.2) is 0 Å². The summed E-state index contributed by atoms with van der Waals surface area (Å²) in [4.78, 5) is 73.0. The number of esters is 4. The summed E-state index contributed by atoms with van der Waals surface area (Å²) in [7, 11) is -9.92. The number of hydrogen-bond acceptors (Lipinski definition) is 15. The van der Waals surface area contributed by atoms with Gasteiger partial charge in [-0.05, 0) is 37.5 Å². The monoisotopic (exact) mass is 1470 g/mol. The third kappa shape index (κ3) is 74.3. The predicted octanol–water partition coefficient (Wildman–Crippen LogP) is 24.3. The van der Waals surface area contributed by atoms with Crippen LogP contribution in [-0.4, -0.2) is 96.7 Å². The molecule has 0 rings (SSSR count). The van der Waals surface area contributed by atoms with Gasteiger partial charge >= 0.3 is 39.5 Å². The molecule has 594 valence electrons. The second kappa shape index (κ2) is 72.6. The van der Waals surface area contributed by atoms with Crippen molar-refractivity contribution in [1.82, 2.24) is 0 Å². The molecule has 0 aromatic heterocycles. The molecule has 2 unspecified atom stereocenters. The Morgan fingerprint density at radius 1 is 0.270 bits per heavy atom. The van der Waals surface area contributed by atoms with Crippen molar-refractivity contribution in [1.29, 1.82) is 0 Å². The van der Waals surface area contributed by atoms with Crippen molar-refractivity contribution < 1.29 is 80.2 Å². The maximum atomic E-state index is 13.1. The first-order chi connectivity index (χ1) is 48.4. The summed E-state index contributed by atoms with van der Waals surface area (Å²) >= 11 is 0. The van der Waals surface area contributed by atoms with E-state index < -0.39 is 97.5 Å². The standard InChI is InChI=1S/C81H158O17P2/c1-7-9-11-13-15-17-19-21-23-25-26-28-30-32-37-41-45-53-59-65-80(85)97-76(69-91-78(83)63-57-51-44-40-36-31-29-27-24-22-20-18-16-14-12-10-8-2)71-95-99(87,88)93-67-75(82)68-94-100(89,90)96-72-77(70-92-79(84)64-58-52-48-47-50-56-62-74(5)6)98-81(86)66-60-54-46-42-38-34-33-35-39-43-49-55-61-73(3)4/h73-77,82H,7-72H2,1-6H3,(H,87,88)(H,89,90)/t75-,76-,77-/m1/s1. The van der Waals surface area contributed by atoms with E-state index in [0.717, 1.165) is 102 Å². The lowest BCUT2D eigenvalue weighted by molar-refractivity contribution is -0.161. The number of aliphatic hydroxyl groups is 1. The van der Waals surface area contributed by atoms with Crippen molar-refractivity contribution in [3.05, 3.63) is 0 Å². The smallest absolute Gasteiger partial charge is 0.462 e. The number of unbranched alkanes of at least 4 members (excludes halogenated alkanes) is 50. The Labute approximate surface area is 613 Å². The summed E-state index contributed by atoms with van der Waals surface area (Å²) < 4.78 is 68.7. The Kier molecular flexibility index (Phi) is 71.2. The summed E-state index contributed by atoms with van der Waals surface area (Å²) in [5.74, 6) is -0.654. The second-order valence-corrected chi connectivity index (χ2v) is 33.0. The first kappa shape index (κ1) is 98.1. The van der Waals surface area contributed by atoms with Crippen LogP contribution in [0.1, 0.15) is 427 Å². The largest absolute Gasteiger partial charge is 0.472 e. The van der Waals surface area contributed by atoms with Gasteiger partial charge in [0.2, 0.25) is 0 Å². The van der Waals surface area contributed by atoms with Crippen LogP contribution in [0.25, 0.3) is 0 Å². The molecule has 0 amide bonds. The van der Waals surface area contributed by atoms with Gasteiger partial charge in [0.25, 0.3) is 0 Å². The molecular weight excluding hydrogens is 1310 g/mol. The number of rotatable bonds is 80. The van der Waals surface area contributed by atoms with E-state index in [1.54, 1.807) is 0 Å². The zero-order valence-corrected chi connectivity index (χ0v) is 67.3. The Hall–Kier alpha value is -1.94. The molecule has 0 aromatic carbocycles. The lowest BCUT2D eigenvalue weighted by Crippen LogP contribution is -2.30. The molecule has 0 aliphatic rings. The van der Waals surface area contributed by atoms with Gasteiger partial charge in [0, 0.05) is 25.7 Å². The lowest BCUT2D eigenvalue weighted by Gasteiger charge is -2.21. The average molecular weight is 1470 g/mol. The fourth-order valence-electron chi connectivity index (χ4n) is 12.5. The minimum absolute atomic E-state index is 0.106. The van der Waals surface area contributed by atoms with Crippen LogP contribution in [0.2, 0.25) is 0 Å². The van der Waals surface area contributed by atoms with Crippen LogP contribution in [0, 0.1) is 11.8 Å². The summed E-state index contributed by atoms with van der Waals surface area (Å²) in [5, 5.41) is 10.6. The van der Waals surface area contributed by atoms with Crippen LogP contribution in [0.3, 0.4) is 0 Å². The first-order valence-corrected chi connectivity index (χ1v) is 45.0. The Bertz CT molecular complexity index is 1920. The summed E-state index contributed by atoms with van der Waals surface area (Å²) in [6, 6.07) is 0. The maximum Gasteiger partial charge on any atom is 0.472 e. The molecule has 0 radical (unpaired) electrons. The van der Waals surface area contributed by atoms with Gasteiger partial charge in [-0.3, -0.25) is 37.3 Å². The molecule has 0 aromatic rings. The topological polar surface area (TPSA) is 237 Å². The number of carbonyl (C=O) groups is 4. The van der Waals surface area contributed by atoms with Crippen LogP contribution >= 0.6 is 15.6 Å². The molecule has 17 nitrogen and oxygen atoms in total. The highest BCUT2D eigenvalue weighted by Gasteiger charge is 2.30. The van der Waals surface area contributed by atoms with E-state index in [2.05, 4.69) is 41.5 Å². The van der Waals surface area contributed by atoms with Crippen molar-refractivity contribution in [3.8, 4) is 0 Å². The van der Waals surface area contributed by atoms with E-state index in [1.807, 2.05) is 0 Å². The zero-order valence-electron chi connectivity index (χ0n) is 65.5. The molecule has 5 atom stereocenters. The molecule has 0 saturated carbocycles. The first-order valence-electron chi connectivity index (χ1n) is 42.0. The minimum Gasteiger partial charge on any atom is -0.462 e. The third-order valence-corrected chi connectivity index (χ3v) is 20.9. The number of phosphoric acid groups is 2. The number of hydrogen-bond donors (Lipinski definition) is 3. The van der Waals surface area contributed by atoms with Crippen LogP contribution in [0.5, 0.6) is 0 Å². The zero-order chi connectivity index (χ0) is 73.5. The van der Waals surface area contributed by atoms with Crippen molar-refractivity contribution in [2.45, 2.75) is 445 Å². The Morgan fingerprint density at radius 2 is 0.460 bits per heavy atom. The van der Waals surface area contributed by atoms with Gasteiger partial charge in [-0.1, -0.05) is 375 Å². The molecule has 0 aliphatic heterocycles. The average Bonchev–Trinajstić information content (AvgIpc) is 0.929. The van der Waals surface area contributed by atoms with Crippen molar-refractivity contribution in [2.75, 3.05) is 39.6 Å². The molecule has 0 fully saturated rings. The van der Waals surface area contributed by atoms with E-state index in [9.17, 15) is 43.2 Å². The van der Waals surface area contributed by atoms with E-state index in [-0.39, 0.29) is 25.7 Å². The lowest BCUT2D eigenvalue weighted by atomic mass is 10.0. The van der Waals surface area contributed by atoms with Gasteiger partial charge in [0.1, 0.15) is 19.3 Å². The fraction of sp³-hybridized carbons (Fsp3) is 0.951. The number of aliphatic hydroxyl groups excluding tert-OH is 1. The number of carbonyl (C=O) groups excluding carboxylic acids is 4. The summed E-state index contributed by atoms with van der Waals surface area (Å²) in [5.41, 5.74) is 0. The molecule has 100 heavy (non-hydrogen) atoms. The number of phosphoric ester groups is 2. The van der Waals surface area contributed by atoms with Gasteiger partial charge in [-0.25, -0.2) is 9.13 Å². The van der Waals surface area contributed by atoms with Crippen molar-refractivity contribution in [3.63, 3.8) is 0 Å².